The summed E-state index contributed by atoms with van der Waals surface area (Å²) < 4.78 is 5.70. The number of ether oxygens (including phenoxy) is 1. The highest BCUT2D eigenvalue weighted by molar-refractivity contribution is 6.27. The summed E-state index contributed by atoms with van der Waals surface area (Å²) in [5.41, 5.74) is -0.774. The largest absolute Gasteiger partial charge is 0.467 e. The zero-order chi connectivity index (χ0) is 12.5. The van der Waals surface area contributed by atoms with E-state index in [9.17, 15) is 9.59 Å². The molecule has 90 valence electrons. The lowest BCUT2D eigenvalue weighted by molar-refractivity contribution is -0.147. The summed E-state index contributed by atoms with van der Waals surface area (Å²) in [6, 6.07) is 8.85. The number of nitrogens with one attached hydrogen (secondary N) is 1. The van der Waals surface area contributed by atoms with E-state index in [0.29, 0.717) is 5.69 Å². The third-order valence-electron chi connectivity index (χ3n) is 2.61. The zero-order valence-corrected chi connectivity index (χ0v) is 9.90. The van der Waals surface area contributed by atoms with Gasteiger partial charge in [-0.15, -0.1) is 0 Å². The normalized spacial score (nSPS) is 26.1. The van der Waals surface area contributed by atoms with Gasteiger partial charge in [-0.3, -0.25) is 4.79 Å². The number of halogens is 1. The Morgan fingerprint density at radius 3 is 2.47 bits per heavy atom. The molecule has 1 aromatic rings. The van der Waals surface area contributed by atoms with Gasteiger partial charge in [-0.25, -0.2) is 4.79 Å². The van der Waals surface area contributed by atoms with E-state index in [1.54, 1.807) is 24.3 Å². The Bertz CT molecular complexity index is 451. The van der Waals surface area contributed by atoms with Gasteiger partial charge in [0.05, 0.1) is 13.7 Å². The monoisotopic (exact) mass is 254 g/mol. The predicted molar refractivity (Wildman–Crippen MR) is 62.4 cm³/mol. The van der Waals surface area contributed by atoms with Crippen LogP contribution in [-0.2, 0) is 14.3 Å². The van der Waals surface area contributed by atoms with Gasteiger partial charge in [0.25, 0.3) is 5.91 Å². The number of amides is 1. The summed E-state index contributed by atoms with van der Waals surface area (Å²) in [7, 11) is 1.23. The molecule has 1 heterocycles. The van der Waals surface area contributed by atoms with Gasteiger partial charge in [-0.05, 0) is 23.9 Å². The first-order valence-corrected chi connectivity index (χ1v) is 5.33. The van der Waals surface area contributed by atoms with Crippen LogP contribution in [0.1, 0.15) is 0 Å². The van der Waals surface area contributed by atoms with Crippen molar-refractivity contribution >= 4 is 29.3 Å². The molecular weight excluding hydrogens is 244 g/mol. The minimum absolute atomic E-state index is 0.153. The molecule has 0 spiro atoms. The molecule has 0 aromatic heterocycles. The van der Waals surface area contributed by atoms with Crippen molar-refractivity contribution in [2.24, 2.45) is 0 Å². The van der Waals surface area contributed by atoms with E-state index < -0.39 is 17.4 Å². The highest BCUT2D eigenvalue weighted by Crippen LogP contribution is 2.36. The second-order valence-electron chi connectivity index (χ2n) is 3.69. The van der Waals surface area contributed by atoms with Crippen molar-refractivity contribution in [3.63, 3.8) is 0 Å². The van der Waals surface area contributed by atoms with Crippen LogP contribution in [0.25, 0.3) is 0 Å². The molecule has 2 atom stereocenters. The molecule has 17 heavy (non-hydrogen) atoms. The number of para-hydroxylation sites is 1. The van der Waals surface area contributed by atoms with Gasteiger partial charge >= 0.3 is 5.97 Å². The molecule has 1 aromatic carbocycles. The Kier molecular flexibility index (Phi) is 3.04. The third kappa shape index (κ3) is 1.99. The van der Waals surface area contributed by atoms with Crippen LogP contribution < -0.4 is 5.32 Å². The van der Waals surface area contributed by atoms with Crippen molar-refractivity contribution in [1.29, 1.82) is 0 Å². The number of methoxy groups -OCH3 is 1. The highest BCUT2D eigenvalue weighted by atomic mass is 35.5. The van der Waals surface area contributed by atoms with Crippen molar-refractivity contribution in [2.45, 2.75) is 5.54 Å². The Morgan fingerprint density at radius 2 is 2.00 bits per heavy atom. The van der Waals surface area contributed by atoms with E-state index in [0.717, 1.165) is 4.42 Å². The summed E-state index contributed by atoms with van der Waals surface area (Å²) in [4.78, 5) is 23.5. The molecule has 1 N–H and O–H groups in total. The Morgan fingerprint density at radius 1 is 1.41 bits per heavy atom. The molecule has 1 aliphatic rings. The number of esters is 1. The third-order valence-corrected chi connectivity index (χ3v) is 3.02. The van der Waals surface area contributed by atoms with Crippen LogP contribution in [0.2, 0.25) is 0 Å². The van der Waals surface area contributed by atoms with Crippen molar-refractivity contribution < 1.29 is 14.3 Å². The van der Waals surface area contributed by atoms with Crippen LogP contribution in [0.3, 0.4) is 0 Å². The first-order chi connectivity index (χ1) is 8.11. The molecule has 1 saturated heterocycles. The topological polar surface area (TPSA) is 58.4 Å². The maximum Gasteiger partial charge on any atom is 0.338 e. The smallest absolute Gasteiger partial charge is 0.338 e. The number of anilines is 1. The standard InChI is InChI=1S/C11H11ClN2O3/c1-17-10(16)11(7-14(11)12)9(15)13-8-5-3-2-4-6-8/h2-6H,7H2,1H3,(H,13,15). The molecular formula is C11H11ClN2O3. The van der Waals surface area contributed by atoms with Gasteiger partial charge in [-0.1, -0.05) is 18.2 Å². The fourth-order valence-electron chi connectivity index (χ4n) is 1.53. The molecule has 1 fully saturated rings. The molecule has 1 aliphatic heterocycles. The van der Waals surface area contributed by atoms with Gasteiger partial charge in [0.1, 0.15) is 0 Å². The highest BCUT2D eigenvalue weighted by Gasteiger charge is 2.65. The van der Waals surface area contributed by atoms with Crippen LogP contribution >= 0.6 is 11.8 Å². The van der Waals surface area contributed by atoms with Crippen LogP contribution in [0.15, 0.2) is 30.3 Å². The SMILES string of the molecule is COC(=O)C1(C(=O)Nc2ccccc2)CN1Cl. The summed E-state index contributed by atoms with van der Waals surface area (Å²) in [5, 5.41) is 2.62. The summed E-state index contributed by atoms with van der Waals surface area (Å²) in [5.74, 6) is -1.13. The fraction of sp³-hybridized carbons (Fsp3) is 0.273. The molecule has 5 nitrogen and oxygen atoms in total. The van der Waals surface area contributed by atoms with Crippen molar-refractivity contribution in [2.75, 3.05) is 19.0 Å². The average Bonchev–Trinajstić information content (AvgIpc) is 3.02. The minimum Gasteiger partial charge on any atom is -0.467 e. The predicted octanol–water partition coefficient (Wildman–Crippen LogP) is 1.01. The minimum atomic E-state index is -1.38. The van der Waals surface area contributed by atoms with Gasteiger partial charge in [-0.2, -0.15) is 4.42 Å². The van der Waals surface area contributed by atoms with E-state index >= 15 is 0 Å². The van der Waals surface area contributed by atoms with Crippen LogP contribution in [0, 0.1) is 0 Å². The maximum atomic E-state index is 12.0. The van der Waals surface area contributed by atoms with Crippen molar-refractivity contribution in [3.8, 4) is 0 Å². The number of rotatable bonds is 3. The second kappa shape index (κ2) is 4.35. The van der Waals surface area contributed by atoms with Gasteiger partial charge in [0, 0.05) is 5.69 Å². The average molecular weight is 255 g/mol. The Hall–Kier alpha value is -1.59. The lowest BCUT2D eigenvalue weighted by atomic mass is 10.1. The first kappa shape index (κ1) is 11.9. The first-order valence-electron chi connectivity index (χ1n) is 4.99. The number of hydrogen-bond donors (Lipinski definition) is 1. The molecule has 2 rings (SSSR count). The number of carbonyl (C=O) groups is 2. The summed E-state index contributed by atoms with van der Waals surface area (Å²) in [6.07, 6.45) is 0. The maximum absolute atomic E-state index is 12.0. The molecule has 0 radical (unpaired) electrons. The second-order valence-corrected chi connectivity index (χ2v) is 4.10. The van der Waals surface area contributed by atoms with E-state index in [-0.39, 0.29) is 6.54 Å². The molecule has 0 bridgehead atoms. The van der Waals surface area contributed by atoms with E-state index in [1.165, 1.54) is 7.11 Å². The number of nitrogens with zero attached hydrogens (tertiary/aromatic N) is 1. The van der Waals surface area contributed by atoms with Crippen LogP contribution in [0.5, 0.6) is 0 Å². The van der Waals surface area contributed by atoms with Crippen LogP contribution in [0.4, 0.5) is 5.69 Å². The fourth-order valence-corrected chi connectivity index (χ4v) is 1.85. The lowest BCUT2D eigenvalue weighted by Crippen LogP contribution is -2.41. The van der Waals surface area contributed by atoms with Gasteiger partial charge < -0.3 is 10.1 Å². The number of carbonyl (C=O) groups excluding carboxylic acids is 2. The van der Waals surface area contributed by atoms with E-state index in [2.05, 4.69) is 10.1 Å². The van der Waals surface area contributed by atoms with E-state index in [4.69, 9.17) is 11.8 Å². The van der Waals surface area contributed by atoms with Crippen molar-refractivity contribution in [1.82, 2.24) is 4.42 Å². The molecule has 2 unspecified atom stereocenters. The molecule has 6 heteroatoms. The number of hydrogen-bond acceptors (Lipinski definition) is 4. The van der Waals surface area contributed by atoms with Crippen molar-refractivity contribution in [3.05, 3.63) is 30.3 Å². The lowest BCUT2D eigenvalue weighted by Gasteiger charge is -2.12. The Labute approximate surface area is 103 Å². The summed E-state index contributed by atoms with van der Waals surface area (Å²) >= 11 is 5.71. The summed E-state index contributed by atoms with van der Waals surface area (Å²) in [6.45, 7) is 0.153. The number of benzene rings is 1. The van der Waals surface area contributed by atoms with Crippen LogP contribution in [-0.4, -0.2) is 35.5 Å². The zero-order valence-electron chi connectivity index (χ0n) is 9.14. The van der Waals surface area contributed by atoms with Gasteiger partial charge in [0.15, 0.2) is 0 Å². The molecule has 0 aliphatic carbocycles. The van der Waals surface area contributed by atoms with Gasteiger partial charge in [0.2, 0.25) is 5.54 Å². The quantitative estimate of drug-likeness (QED) is 0.379. The Balaban J connectivity index is 2.13. The molecule has 0 saturated carbocycles. The van der Waals surface area contributed by atoms with E-state index in [1.807, 2.05) is 6.07 Å². The molecule has 1 amide bonds.